The highest BCUT2D eigenvalue weighted by molar-refractivity contribution is 6.16. The lowest BCUT2D eigenvalue weighted by atomic mass is 10.2. The van der Waals surface area contributed by atoms with Gasteiger partial charge in [0, 0.05) is 5.56 Å². The predicted octanol–water partition coefficient (Wildman–Crippen LogP) is 3.88. The molecule has 4 nitrogen and oxygen atoms in total. The maximum absolute atomic E-state index is 5.71. The molecule has 0 N–H and O–H groups in total. The molecular weight excluding hydrogens is 266 g/mol. The van der Waals surface area contributed by atoms with Gasteiger partial charge < -0.3 is 13.9 Å². The number of nitrogens with zero attached hydrogens (tertiary/aromatic N) is 1. The van der Waals surface area contributed by atoms with Crippen LogP contribution >= 0.6 is 11.6 Å². The minimum atomic E-state index is 0.0621. The van der Waals surface area contributed by atoms with Crippen LogP contribution in [0.4, 0.5) is 0 Å². The van der Waals surface area contributed by atoms with Crippen molar-refractivity contribution in [3.63, 3.8) is 0 Å². The number of methoxy groups -OCH3 is 1. The second-order valence-corrected chi connectivity index (χ2v) is 4.58. The van der Waals surface area contributed by atoms with Crippen LogP contribution in [0.2, 0.25) is 0 Å². The quantitative estimate of drug-likeness (QED) is 0.780. The molecule has 1 heterocycles. The molecule has 0 amide bonds. The molecule has 102 valence electrons. The summed E-state index contributed by atoms with van der Waals surface area (Å²) in [6, 6.07) is 5.55. The van der Waals surface area contributed by atoms with Gasteiger partial charge in [-0.1, -0.05) is 0 Å². The molecule has 0 bridgehead atoms. The first kappa shape index (κ1) is 13.7. The van der Waals surface area contributed by atoms with Crippen LogP contribution in [-0.4, -0.2) is 18.2 Å². The van der Waals surface area contributed by atoms with Crippen molar-refractivity contribution in [2.45, 2.75) is 25.8 Å². The molecule has 0 saturated carbocycles. The van der Waals surface area contributed by atoms with Gasteiger partial charge in [0.1, 0.15) is 6.26 Å². The Balaban J connectivity index is 2.36. The molecular formula is C14H16ClNO3. The van der Waals surface area contributed by atoms with Crippen molar-refractivity contribution in [3.05, 3.63) is 30.2 Å². The number of halogens is 1. The average molecular weight is 282 g/mol. The molecule has 0 atom stereocenters. The van der Waals surface area contributed by atoms with Crippen LogP contribution in [0.15, 0.2) is 28.9 Å². The van der Waals surface area contributed by atoms with Gasteiger partial charge in [-0.25, -0.2) is 4.98 Å². The van der Waals surface area contributed by atoms with Gasteiger partial charge in [0.15, 0.2) is 11.5 Å². The second kappa shape index (κ2) is 5.97. The highest BCUT2D eigenvalue weighted by atomic mass is 35.5. The zero-order valence-electron chi connectivity index (χ0n) is 11.1. The van der Waals surface area contributed by atoms with E-state index < -0.39 is 0 Å². The molecule has 0 aliphatic carbocycles. The van der Waals surface area contributed by atoms with Gasteiger partial charge >= 0.3 is 0 Å². The van der Waals surface area contributed by atoms with E-state index >= 15 is 0 Å². The average Bonchev–Trinajstić information content (AvgIpc) is 2.86. The summed E-state index contributed by atoms with van der Waals surface area (Å²) in [5.41, 5.74) is 1.53. The van der Waals surface area contributed by atoms with Gasteiger partial charge in [-0.2, -0.15) is 0 Å². The monoisotopic (exact) mass is 281 g/mol. The van der Waals surface area contributed by atoms with Crippen LogP contribution < -0.4 is 9.47 Å². The lowest BCUT2D eigenvalue weighted by Crippen LogP contribution is -2.06. The summed E-state index contributed by atoms with van der Waals surface area (Å²) in [6.07, 6.45) is 1.61. The summed E-state index contributed by atoms with van der Waals surface area (Å²) in [4.78, 5) is 4.28. The fraction of sp³-hybridized carbons (Fsp3) is 0.357. The molecule has 0 radical (unpaired) electrons. The van der Waals surface area contributed by atoms with E-state index in [2.05, 4.69) is 4.98 Å². The first-order valence-corrected chi connectivity index (χ1v) is 6.53. The number of rotatable bonds is 5. The molecule has 5 heteroatoms. The standard InChI is InChI=1S/C14H16ClNO3/c1-9(2)19-13-6-10(4-5-12(13)17-3)14-16-11(7-15)8-18-14/h4-6,8-9H,7H2,1-3H3. The molecule has 0 saturated heterocycles. The largest absolute Gasteiger partial charge is 0.493 e. The van der Waals surface area contributed by atoms with Crippen LogP contribution in [0.25, 0.3) is 11.5 Å². The number of ether oxygens (including phenoxy) is 2. The Morgan fingerprint density at radius 3 is 2.68 bits per heavy atom. The normalized spacial score (nSPS) is 10.8. The number of hydrogen-bond acceptors (Lipinski definition) is 4. The minimum Gasteiger partial charge on any atom is -0.493 e. The summed E-state index contributed by atoms with van der Waals surface area (Å²) in [5.74, 6) is 2.20. The molecule has 0 unspecified atom stereocenters. The predicted molar refractivity (Wildman–Crippen MR) is 73.8 cm³/mol. The fourth-order valence-corrected chi connectivity index (χ4v) is 1.78. The Morgan fingerprint density at radius 1 is 1.32 bits per heavy atom. The molecule has 0 spiro atoms. The first-order valence-electron chi connectivity index (χ1n) is 5.99. The van der Waals surface area contributed by atoms with Gasteiger partial charge in [0.25, 0.3) is 0 Å². The van der Waals surface area contributed by atoms with E-state index in [0.717, 1.165) is 5.56 Å². The zero-order valence-corrected chi connectivity index (χ0v) is 11.9. The van der Waals surface area contributed by atoms with Gasteiger partial charge in [-0.3, -0.25) is 0 Å². The molecule has 0 fully saturated rings. The molecule has 0 aliphatic rings. The van der Waals surface area contributed by atoms with Crippen LogP contribution in [0.5, 0.6) is 11.5 Å². The molecule has 19 heavy (non-hydrogen) atoms. The maximum atomic E-state index is 5.71. The van der Waals surface area contributed by atoms with Gasteiger partial charge in [-0.15, -0.1) is 11.6 Å². The number of hydrogen-bond donors (Lipinski definition) is 0. The molecule has 0 aliphatic heterocycles. The van der Waals surface area contributed by atoms with Crippen LogP contribution in [0, 0.1) is 0 Å². The van der Waals surface area contributed by atoms with Gasteiger partial charge in [0.05, 0.1) is 24.8 Å². The Morgan fingerprint density at radius 2 is 2.11 bits per heavy atom. The zero-order chi connectivity index (χ0) is 13.8. The number of aromatic nitrogens is 1. The SMILES string of the molecule is COc1ccc(-c2nc(CCl)co2)cc1OC(C)C. The summed E-state index contributed by atoms with van der Waals surface area (Å²) < 4.78 is 16.4. The Kier molecular flexibility index (Phi) is 4.32. The molecule has 2 aromatic rings. The van der Waals surface area contributed by atoms with Crippen LogP contribution in [0.3, 0.4) is 0 Å². The Hall–Kier alpha value is -1.68. The van der Waals surface area contributed by atoms with E-state index in [1.165, 1.54) is 0 Å². The summed E-state index contributed by atoms with van der Waals surface area (Å²) in [5, 5.41) is 0. The van der Waals surface area contributed by atoms with Crippen molar-refractivity contribution < 1.29 is 13.9 Å². The van der Waals surface area contributed by atoms with Gasteiger partial charge in [0.2, 0.25) is 5.89 Å². The van der Waals surface area contributed by atoms with Crippen molar-refractivity contribution in [1.29, 1.82) is 0 Å². The molecule has 1 aromatic heterocycles. The second-order valence-electron chi connectivity index (χ2n) is 4.31. The number of alkyl halides is 1. The minimum absolute atomic E-state index is 0.0621. The number of oxazole rings is 1. The lowest BCUT2D eigenvalue weighted by molar-refractivity contribution is 0.230. The molecule has 1 aromatic carbocycles. The van der Waals surface area contributed by atoms with Crippen LogP contribution in [0.1, 0.15) is 19.5 Å². The third kappa shape index (κ3) is 3.20. The van der Waals surface area contributed by atoms with E-state index in [1.54, 1.807) is 13.4 Å². The van der Waals surface area contributed by atoms with Crippen molar-refractivity contribution in [2.75, 3.05) is 7.11 Å². The lowest BCUT2D eigenvalue weighted by Gasteiger charge is -2.13. The third-order valence-electron chi connectivity index (χ3n) is 2.46. The summed E-state index contributed by atoms with van der Waals surface area (Å²) in [6.45, 7) is 3.92. The third-order valence-corrected chi connectivity index (χ3v) is 2.74. The van der Waals surface area contributed by atoms with Crippen molar-refractivity contribution in [1.82, 2.24) is 4.98 Å². The van der Waals surface area contributed by atoms with E-state index in [9.17, 15) is 0 Å². The highest BCUT2D eigenvalue weighted by Gasteiger charge is 2.12. The fourth-order valence-electron chi connectivity index (χ4n) is 1.66. The van der Waals surface area contributed by atoms with Crippen LogP contribution in [-0.2, 0) is 5.88 Å². The van der Waals surface area contributed by atoms with Crippen molar-refractivity contribution in [2.24, 2.45) is 0 Å². The van der Waals surface area contributed by atoms with Crippen molar-refractivity contribution >= 4 is 11.6 Å². The summed E-state index contributed by atoms with van der Waals surface area (Å²) >= 11 is 5.71. The molecule has 2 rings (SSSR count). The van der Waals surface area contributed by atoms with Crippen molar-refractivity contribution in [3.8, 4) is 23.0 Å². The van der Waals surface area contributed by atoms with E-state index in [0.29, 0.717) is 29.0 Å². The van der Waals surface area contributed by atoms with E-state index in [1.807, 2.05) is 32.0 Å². The first-order chi connectivity index (χ1) is 9.13. The van der Waals surface area contributed by atoms with E-state index in [-0.39, 0.29) is 6.10 Å². The smallest absolute Gasteiger partial charge is 0.226 e. The summed E-state index contributed by atoms with van der Waals surface area (Å²) in [7, 11) is 1.61. The Bertz CT molecular complexity index is 551. The highest BCUT2D eigenvalue weighted by Crippen LogP contribution is 2.33. The van der Waals surface area contributed by atoms with Gasteiger partial charge in [-0.05, 0) is 32.0 Å². The maximum Gasteiger partial charge on any atom is 0.226 e. The number of benzene rings is 1. The topological polar surface area (TPSA) is 44.5 Å². The van der Waals surface area contributed by atoms with E-state index in [4.69, 9.17) is 25.5 Å². The Labute approximate surface area is 117 Å².